The molecule has 1 saturated heterocycles. The van der Waals surface area contributed by atoms with Crippen LogP contribution in [-0.2, 0) is 0 Å². The summed E-state index contributed by atoms with van der Waals surface area (Å²) in [7, 11) is 0. The normalized spacial score (nSPS) is 16.9. The van der Waals surface area contributed by atoms with Gasteiger partial charge < -0.3 is 4.90 Å². The zero-order valence-electron chi connectivity index (χ0n) is 12.3. The molecule has 1 aliphatic rings. The zero-order valence-corrected chi connectivity index (χ0v) is 13.0. The van der Waals surface area contributed by atoms with Gasteiger partial charge in [-0.25, -0.2) is 0 Å². The average molecular weight is 335 g/mol. The van der Waals surface area contributed by atoms with Crippen molar-refractivity contribution in [3.05, 3.63) is 28.8 Å². The number of ketones is 1. The van der Waals surface area contributed by atoms with Crippen molar-refractivity contribution in [2.24, 2.45) is 0 Å². The molecule has 1 fully saturated rings. The molecule has 2 rings (SSSR count). The number of carbonyl (C=O) groups is 1. The largest absolute Gasteiger partial charge is 0.454 e. The fourth-order valence-corrected chi connectivity index (χ4v) is 2.95. The first-order chi connectivity index (χ1) is 10.3. The van der Waals surface area contributed by atoms with E-state index in [9.17, 15) is 18.0 Å². The summed E-state index contributed by atoms with van der Waals surface area (Å²) in [6.07, 6.45) is -3.85. The van der Waals surface area contributed by atoms with Crippen LogP contribution in [0.15, 0.2) is 18.2 Å². The number of Topliss-reactive ketones (excluding diaryl/α,β-unsaturated/α-hetero) is 1. The molecule has 0 amide bonds. The molecule has 1 heterocycles. The maximum atomic E-state index is 12.6. The van der Waals surface area contributed by atoms with E-state index in [1.165, 1.54) is 6.07 Å². The van der Waals surface area contributed by atoms with Crippen molar-refractivity contribution in [1.82, 2.24) is 4.90 Å². The summed E-state index contributed by atoms with van der Waals surface area (Å²) in [5.41, 5.74) is 0.00979. The van der Waals surface area contributed by atoms with Gasteiger partial charge in [-0.3, -0.25) is 9.69 Å². The molecule has 0 aromatic heterocycles. The first-order valence-corrected chi connectivity index (χ1v) is 7.59. The molecule has 0 spiro atoms. The SMILES string of the molecule is CCCN1CCN(c2cccc(C(=O)C(F)(F)F)c2Cl)CC1. The van der Waals surface area contributed by atoms with Gasteiger partial charge in [0.1, 0.15) is 0 Å². The number of anilines is 1. The number of halogens is 4. The predicted octanol–water partition coefficient (Wildman–Crippen LogP) is 3.62. The minimum absolute atomic E-state index is 0.117. The standard InChI is InChI=1S/C15H18ClF3N2O/c1-2-6-20-7-9-21(10-8-20)12-5-3-4-11(13(12)16)14(22)15(17,18)19/h3-5H,2,6-10H2,1H3. The molecular formula is C15H18ClF3N2O. The highest BCUT2D eigenvalue weighted by atomic mass is 35.5. The lowest BCUT2D eigenvalue weighted by Crippen LogP contribution is -2.46. The molecule has 0 radical (unpaired) electrons. The fourth-order valence-electron chi connectivity index (χ4n) is 2.62. The van der Waals surface area contributed by atoms with Gasteiger partial charge in [0.25, 0.3) is 5.78 Å². The highest BCUT2D eigenvalue weighted by Gasteiger charge is 2.40. The Morgan fingerprint density at radius 3 is 2.41 bits per heavy atom. The van der Waals surface area contributed by atoms with Crippen LogP contribution >= 0.6 is 11.6 Å². The van der Waals surface area contributed by atoms with Crippen molar-refractivity contribution in [3.63, 3.8) is 0 Å². The van der Waals surface area contributed by atoms with Gasteiger partial charge in [0.15, 0.2) is 0 Å². The number of carbonyl (C=O) groups excluding carboxylic acids is 1. The van der Waals surface area contributed by atoms with E-state index in [0.29, 0.717) is 18.8 Å². The smallest absolute Gasteiger partial charge is 0.368 e. The van der Waals surface area contributed by atoms with E-state index < -0.39 is 17.5 Å². The Hall–Kier alpha value is -1.27. The van der Waals surface area contributed by atoms with Crippen LogP contribution in [0.3, 0.4) is 0 Å². The molecule has 1 aromatic carbocycles. The van der Waals surface area contributed by atoms with Crippen LogP contribution in [0, 0.1) is 0 Å². The van der Waals surface area contributed by atoms with Gasteiger partial charge in [0.05, 0.1) is 10.7 Å². The van der Waals surface area contributed by atoms with E-state index in [1.54, 1.807) is 6.07 Å². The number of hydrogen-bond acceptors (Lipinski definition) is 3. The number of alkyl halides is 3. The molecule has 122 valence electrons. The second kappa shape index (κ2) is 6.87. The Balaban J connectivity index is 2.18. The number of hydrogen-bond donors (Lipinski definition) is 0. The van der Waals surface area contributed by atoms with Gasteiger partial charge in [-0.05, 0) is 25.1 Å². The zero-order chi connectivity index (χ0) is 16.3. The molecule has 0 saturated carbocycles. The van der Waals surface area contributed by atoms with Crippen molar-refractivity contribution in [1.29, 1.82) is 0 Å². The van der Waals surface area contributed by atoms with E-state index >= 15 is 0 Å². The lowest BCUT2D eigenvalue weighted by Gasteiger charge is -2.36. The molecule has 0 atom stereocenters. The highest BCUT2D eigenvalue weighted by molar-refractivity contribution is 6.36. The summed E-state index contributed by atoms with van der Waals surface area (Å²) in [6.45, 7) is 6.15. The lowest BCUT2D eigenvalue weighted by atomic mass is 10.1. The van der Waals surface area contributed by atoms with Gasteiger partial charge in [0.2, 0.25) is 0 Å². The molecule has 1 aromatic rings. The van der Waals surface area contributed by atoms with Gasteiger partial charge in [-0.15, -0.1) is 0 Å². The third kappa shape index (κ3) is 3.73. The topological polar surface area (TPSA) is 23.6 Å². The summed E-state index contributed by atoms with van der Waals surface area (Å²) in [4.78, 5) is 15.7. The maximum absolute atomic E-state index is 12.6. The summed E-state index contributed by atoms with van der Waals surface area (Å²) >= 11 is 6.06. The van der Waals surface area contributed by atoms with E-state index in [4.69, 9.17) is 11.6 Å². The molecular weight excluding hydrogens is 317 g/mol. The summed E-state index contributed by atoms with van der Waals surface area (Å²) < 4.78 is 37.8. The fraction of sp³-hybridized carbons (Fsp3) is 0.533. The molecule has 7 heteroatoms. The van der Waals surface area contributed by atoms with Crippen LogP contribution in [0.4, 0.5) is 18.9 Å². The minimum Gasteiger partial charge on any atom is -0.368 e. The van der Waals surface area contributed by atoms with Crippen LogP contribution < -0.4 is 4.90 Å². The number of rotatable bonds is 4. The summed E-state index contributed by atoms with van der Waals surface area (Å²) in [6, 6.07) is 4.22. The molecule has 0 unspecified atom stereocenters. The van der Waals surface area contributed by atoms with Crippen LogP contribution in [0.25, 0.3) is 0 Å². The Morgan fingerprint density at radius 2 is 1.86 bits per heavy atom. The average Bonchev–Trinajstić information content (AvgIpc) is 2.47. The molecule has 0 N–H and O–H groups in total. The Morgan fingerprint density at radius 1 is 1.23 bits per heavy atom. The van der Waals surface area contributed by atoms with Crippen molar-refractivity contribution in [3.8, 4) is 0 Å². The third-order valence-electron chi connectivity index (χ3n) is 3.73. The number of nitrogens with zero attached hydrogens (tertiary/aromatic N) is 2. The summed E-state index contributed by atoms with van der Waals surface area (Å²) in [5.74, 6) is -1.90. The van der Waals surface area contributed by atoms with Crippen LogP contribution in [0.1, 0.15) is 23.7 Å². The predicted molar refractivity (Wildman–Crippen MR) is 80.8 cm³/mol. The maximum Gasteiger partial charge on any atom is 0.454 e. The number of benzene rings is 1. The third-order valence-corrected chi connectivity index (χ3v) is 4.13. The van der Waals surface area contributed by atoms with E-state index in [0.717, 1.165) is 32.1 Å². The van der Waals surface area contributed by atoms with Crippen LogP contribution in [0.2, 0.25) is 5.02 Å². The van der Waals surface area contributed by atoms with Gasteiger partial charge >= 0.3 is 6.18 Å². The van der Waals surface area contributed by atoms with Crippen molar-refractivity contribution >= 4 is 23.1 Å². The Kier molecular flexibility index (Phi) is 5.34. The van der Waals surface area contributed by atoms with Gasteiger partial charge in [-0.2, -0.15) is 13.2 Å². The van der Waals surface area contributed by atoms with Crippen molar-refractivity contribution in [2.75, 3.05) is 37.6 Å². The minimum atomic E-state index is -4.91. The van der Waals surface area contributed by atoms with E-state index in [-0.39, 0.29) is 5.02 Å². The van der Waals surface area contributed by atoms with Crippen LogP contribution in [-0.4, -0.2) is 49.6 Å². The monoisotopic (exact) mass is 334 g/mol. The van der Waals surface area contributed by atoms with Crippen molar-refractivity contribution in [2.45, 2.75) is 19.5 Å². The Bertz CT molecular complexity index is 540. The van der Waals surface area contributed by atoms with Gasteiger partial charge in [0, 0.05) is 31.7 Å². The van der Waals surface area contributed by atoms with Crippen LogP contribution in [0.5, 0.6) is 0 Å². The van der Waals surface area contributed by atoms with Gasteiger partial charge in [-0.1, -0.05) is 24.6 Å². The first-order valence-electron chi connectivity index (χ1n) is 7.22. The molecule has 22 heavy (non-hydrogen) atoms. The Labute approximate surface area is 132 Å². The second-order valence-corrected chi connectivity index (χ2v) is 5.67. The summed E-state index contributed by atoms with van der Waals surface area (Å²) in [5, 5.41) is -0.117. The molecule has 0 bridgehead atoms. The highest BCUT2D eigenvalue weighted by Crippen LogP contribution is 2.33. The quantitative estimate of drug-likeness (QED) is 0.786. The molecule has 1 aliphatic heterocycles. The van der Waals surface area contributed by atoms with E-state index in [2.05, 4.69) is 11.8 Å². The lowest BCUT2D eigenvalue weighted by molar-refractivity contribution is -0.0885. The second-order valence-electron chi connectivity index (χ2n) is 5.29. The molecule has 3 nitrogen and oxygen atoms in total. The van der Waals surface area contributed by atoms with E-state index in [1.807, 2.05) is 4.90 Å². The first kappa shape index (κ1) is 17.1. The molecule has 0 aliphatic carbocycles. The van der Waals surface area contributed by atoms with Crippen molar-refractivity contribution < 1.29 is 18.0 Å². The number of piperazine rings is 1.